The average Bonchev–Trinajstić information content (AvgIpc) is 3.22. The number of carbonyl (C=O) groups excluding carboxylic acids is 2. The van der Waals surface area contributed by atoms with E-state index in [0.29, 0.717) is 30.4 Å². The minimum Gasteiger partial charge on any atom is -0.351 e. The second-order valence-corrected chi connectivity index (χ2v) is 8.22. The molecule has 3 rings (SSSR count). The van der Waals surface area contributed by atoms with E-state index in [9.17, 15) is 9.59 Å². The van der Waals surface area contributed by atoms with Crippen molar-refractivity contribution >= 4 is 17.5 Å². The van der Waals surface area contributed by atoms with Crippen LogP contribution in [0.25, 0.3) is 0 Å². The molecule has 2 fully saturated rings. The van der Waals surface area contributed by atoms with Crippen molar-refractivity contribution in [1.29, 1.82) is 0 Å². The van der Waals surface area contributed by atoms with Gasteiger partial charge in [0.1, 0.15) is 0 Å². The van der Waals surface area contributed by atoms with E-state index in [1.54, 1.807) is 24.3 Å². The van der Waals surface area contributed by atoms with E-state index in [0.717, 1.165) is 38.4 Å². The number of hydrogen-bond acceptors (Lipinski definition) is 4. The Bertz CT molecular complexity index is 634. The molecule has 28 heavy (non-hydrogen) atoms. The van der Waals surface area contributed by atoms with Crippen LogP contribution in [0, 0.1) is 11.8 Å². The summed E-state index contributed by atoms with van der Waals surface area (Å²) in [7, 11) is 0. The number of likely N-dealkylation sites (tertiary alicyclic amines) is 1. The fourth-order valence-electron chi connectivity index (χ4n) is 4.18. The monoisotopic (exact) mass is 386 g/mol. The molecule has 2 aliphatic heterocycles. The average molecular weight is 387 g/mol. The minimum absolute atomic E-state index is 0.0425. The van der Waals surface area contributed by atoms with Gasteiger partial charge in [-0.25, -0.2) is 0 Å². The topological polar surface area (TPSA) is 73.5 Å². The van der Waals surface area contributed by atoms with Crippen molar-refractivity contribution in [1.82, 2.24) is 15.5 Å². The highest BCUT2D eigenvalue weighted by molar-refractivity contribution is 5.95. The molecule has 0 aliphatic carbocycles. The number of piperidine rings is 1. The Morgan fingerprint density at radius 3 is 2.61 bits per heavy atom. The van der Waals surface area contributed by atoms with Gasteiger partial charge in [-0.15, -0.1) is 0 Å². The summed E-state index contributed by atoms with van der Waals surface area (Å²) >= 11 is 0. The van der Waals surface area contributed by atoms with E-state index in [1.165, 1.54) is 25.7 Å². The molecule has 2 heterocycles. The standard InChI is InChI=1S/C22H34N4O2/c1-17(19-5-4-10-23-16-19)15-21(27)25-20-8-6-18(7-9-20)22(28)24-11-14-26-12-2-3-13-26/h6-9,17,19,23H,2-5,10-16H2,1H3,(H,24,28)(H,25,27). The van der Waals surface area contributed by atoms with E-state index in [-0.39, 0.29) is 11.8 Å². The van der Waals surface area contributed by atoms with E-state index < -0.39 is 0 Å². The molecule has 2 unspecified atom stereocenters. The molecule has 0 bridgehead atoms. The van der Waals surface area contributed by atoms with Gasteiger partial charge >= 0.3 is 0 Å². The SMILES string of the molecule is CC(CC(=O)Nc1ccc(C(=O)NCCN2CCCC2)cc1)C1CCCNC1. The Kier molecular flexibility index (Phi) is 7.86. The molecule has 0 radical (unpaired) electrons. The van der Waals surface area contributed by atoms with Gasteiger partial charge in [0, 0.05) is 30.8 Å². The lowest BCUT2D eigenvalue weighted by Crippen LogP contribution is -2.34. The lowest BCUT2D eigenvalue weighted by atomic mass is 9.85. The maximum atomic E-state index is 12.3. The normalized spacial score (nSPS) is 21.2. The summed E-state index contributed by atoms with van der Waals surface area (Å²) in [4.78, 5) is 27.0. The Hall–Kier alpha value is -1.92. The van der Waals surface area contributed by atoms with Crippen LogP contribution in [0.15, 0.2) is 24.3 Å². The van der Waals surface area contributed by atoms with E-state index >= 15 is 0 Å². The Labute approximate surface area is 168 Å². The summed E-state index contributed by atoms with van der Waals surface area (Å²) in [6.07, 6.45) is 5.45. The van der Waals surface area contributed by atoms with Gasteiger partial charge in [-0.2, -0.15) is 0 Å². The Balaban J connectivity index is 1.40. The van der Waals surface area contributed by atoms with Crippen LogP contribution < -0.4 is 16.0 Å². The summed E-state index contributed by atoms with van der Waals surface area (Å²) in [5, 5.41) is 9.35. The van der Waals surface area contributed by atoms with Crippen LogP contribution in [0.2, 0.25) is 0 Å². The van der Waals surface area contributed by atoms with Crippen LogP contribution in [-0.2, 0) is 4.79 Å². The van der Waals surface area contributed by atoms with Crippen LogP contribution in [0.5, 0.6) is 0 Å². The number of nitrogens with zero attached hydrogens (tertiary/aromatic N) is 1. The zero-order valence-electron chi connectivity index (χ0n) is 17.0. The van der Waals surface area contributed by atoms with Crippen molar-refractivity contribution in [2.45, 2.75) is 39.0 Å². The van der Waals surface area contributed by atoms with Gasteiger partial charge in [-0.3, -0.25) is 9.59 Å². The van der Waals surface area contributed by atoms with Crippen LogP contribution >= 0.6 is 0 Å². The first-order chi connectivity index (χ1) is 13.6. The fraction of sp³-hybridized carbons (Fsp3) is 0.636. The van der Waals surface area contributed by atoms with Gasteiger partial charge in [-0.1, -0.05) is 6.92 Å². The summed E-state index contributed by atoms with van der Waals surface area (Å²) in [5.41, 5.74) is 1.37. The van der Waals surface area contributed by atoms with E-state index in [2.05, 4.69) is 27.8 Å². The third-order valence-corrected chi connectivity index (χ3v) is 5.99. The molecule has 2 saturated heterocycles. The predicted octanol–water partition coefficient (Wildman–Crippen LogP) is 2.48. The van der Waals surface area contributed by atoms with Crippen molar-refractivity contribution in [3.63, 3.8) is 0 Å². The molecule has 6 nitrogen and oxygen atoms in total. The number of hydrogen-bond donors (Lipinski definition) is 3. The molecule has 0 saturated carbocycles. The van der Waals surface area contributed by atoms with Crippen molar-refractivity contribution in [2.75, 3.05) is 44.6 Å². The lowest BCUT2D eigenvalue weighted by molar-refractivity contribution is -0.117. The predicted molar refractivity (Wildman–Crippen MR) is 112 cm³/mol. The zero-order valence-corrected chi connectivity index (χ0v) is 17.0. The van der Waals surface area contributed by atoms with Gasteiger partial charge in [0.25, 0.3) is 5.91 Å². The molecular formula is C22H34N4O2. The maximum absolute atomic E-state index is 12.3. The van der Waals surface area contributed by atoms with E-state index in [1.807, 2.05) is 0 Å². The molecule has 2 aliphatic rings. The van der Waals surface area contributed by atoms with Crippen molar-refractivity contribution < 1.29 is 9.59 Å². The highest BCUT2D eigenvalue weighted by atomic mass is 16.2. The highest BCUT2D eigenvalue weighted by Crippen LogP contribution is 2.23. The smallest absolute Gasteiger partial charge is 0.251 e. The fourth-order valence-corrected chi connectivity index (χ4v) is 4.18. The Morgan fingerprint density at radius 2 is 1.93 bits per heavy atom. The first kappa shape index (κ1) is 20.8. The van der Waals surface area contributed by atoms with Crippen molar-refractivity contribution in [2.24, 2.45) is 11.8 Å². The molecule has 6 heteroatoms. The van der Waals surface area contributed by atoms with Crippen molar-refractivity contribution in [3.05, 3.63) is 29.8 Å². The van der Waals surface area contributed by atoms with Crippen LogP contribution in [0.3, 0.4) is 0 Å². The second kappa shape index (κ2) is 10.6. The largest absolute Gasteiger partial charge is 0.351 e. The first-order valence-electron chi connectivity index (χ1n) is 10.7. The minimum atomic E-state index is -0.0597. The Morgan fingerprint density at radius 1 is 1.18 bits per heavy atom. The highest BCUT2D eigenvalue weighted by Gasteiger charge is 2.22. The molecule has 154 valence electrons. The number of nitrogens with one attached hydrogen (secondary N) is 3. The zero-order chi connectivity index (χ0) is 19.8. The molecule has 0 aromatic heterocycles. The van der Waals surface area contributed by atoms with Gasteiger partial charge in [-0.05, 0) is 88.0 Å². The first-order valence-corrected chi connectivity index (χ1v) is 10.7. The molecule has 2 amide bonds. The quantitative estimate of drug-likeness (QED) is 0.642. The van der Waals surface area contributed by atoms with Gasteiger partial charge < -0.3 is 20.9 Å². The van der Waals surface area contributed by atoms with Crippen molar-refractivity contribution in [3.8, 4) is 0 Å². The van der Waals surface area contributed by atoms with Gasteiger partial charge in [0.15, 0.2) is 0 Å². The van der Waals surface area contributed by atoms with Gasteiger partial charge in [0.2, 0.25) is 5.91 Å². The summed E-state index contributed by atoms with van der Waals surface area (Å²) < 4.78 is 0. The number of anilines is 1. The summed E-state index contributed by atoms with van der Waals surface area (Å²) in [6.45, 7) is 8.12. The molecule has 1 aromatic carbocycles. The number of benzene rings is 1. The molecule has 1 aromatic rings. The number of amides is 2. The summed E-state index contributed by atoms with van der Waals surface area (Å²) in [6, 6.07) is 7.16. The molecular weight excluding hydrogens is 352 g/mol. The summed E-state index contributed by atoms with van der Waals surface area (Å²) in [5.74, 6) is 0.927. The number of rotatable bonds is 8. The van der Waals surface area contributed by atoms with Crippen LogP contribution in [0.4, 0.5) is 5.69 Å². The number of carbonyl (C=O) groups is 2. The molecule has 2 atom stereocenters. The van der Waals surface area contributed by atoms with Gasteiger partial charge in [0.05, 0.1) is 0 Å². The maximum Gasteiger partial charge on any atom is 0.251 e. The lowest BCUT2D eigenvalue weighted by Gasteiger charge is -2.28. The molecule has 0 spiro atoms. The molecule has 3 N–H and O–H groups in total. The van der Waals surface area contributed by atoms with Crippen LogP contribution in [-0.4, -0.2) is 56.0 Å². The third-order valence-electron chi connectivity index (χ3n) is 5.99. The van der Waals surface area contributed by atoms with Crippen LogP contribution in [0.1, 0.15) is 49.4 Å². The third kappa shape index (κ3) is 6.31. The van der Waals surface area contributed by atoms with E-state index in [4.69, 9.17) is 0 Å². The second-order valence-electron chi connectivity index (χ2n) is 8.22.